The molecule has 0 aliphatic carbocycles. The highest BCUT2D eigenvalue weighted by Gasteiger charge is 2.28. The van der Waals surface area contributed by atoms with E-state index in [2.05, 4.69) is 10.3 Å². The van der Waals surface area contributed by atoms with E-state index < -0.39 is 6.04 Å². The number of hydrogen-bond donors (Lipinski definition) is 2. The molecule has 0 saturated carbocycles. The van der Waals surface area contributed by atoms with Crippen molar-refractivity contribution in [3.8, 4) is 0 Å². The van der Waals surface area contributed by atoms with Crippen LogP contribution in [0.5, 0.6) is 0 Å². The molecule has 0 aromatic carbocycles. The number of nitrogens with zero attached hydrogens (tertiary/aromatic N) is 1. The van der Waals surface area contributed by atoms with Gasteiger partial charge in [-0.3, -0.25) is 9.59 Å². The average Bonchev–Trinajstić information content (AvgIpc) is 2.99. The summed E-state index contributed by atoms with van der Waals surface area (Å²) in [6.45, 7) is 2.01. The number of thioether (sulfide) groups is 1. The molecule has 0 bridgehead atoms. The van der Waals surface area contributed by atoms with Crippen LogP contribution in [-0.4, -0.2) is 27.8 Å². The first-order valence-electron chi connectivity index (χ1n) is 6.30. The van der Waals surface area contributed by atoms with Crippen LogP contribution in [0.1, 0.15) is 48.6 Å². The summed E-state index contributed by atoms with van der Waals surface area (Å²) < 4.78 is 5.20. The quantitative estimate of drug-likeness (QED) is 0.843. The van der Waals surface area contributed by atoms with E-state index in [9.17, 15) is 9.59 Å². The fraction of sp³-hybridized carbons (Fsp3) is 0.583. The second-order valence-electron chi connectivity index (χ2n) is 4.45. The van der Waals surface area contributed by atoms with E-state index in [4.69, 9.17) is 10.2 Å². The Morgan fingerprint density at radius 2 is 2.53 bits per heavy atom. The Morgan fingerprint density at radius 3 is 3.16 bits per heavy atom. The maximum atomic E-state index is 11.9. The zero-order valence-corrected chi connectivity index (χ0v) is 11.5. The molecule has 2 atom stereocenters. The Kier molecular flexibility index (Phi) is 4.60. The normalized spacial score (nSPS) is 20.5. The van der Waals surface area contributed by atoms with Crippen LogP contribution < -0.4 is 11.1 Å². The van der Waals surface area contributed by atoms with Gasteiger partial charge in [-0.2, -0.15) is 0 Å². The number of carbonyl (C=O) groups excluding carboxylic acids is 2. The standard InChI is InChI=1S/C12H17N3O3S/c1-2-3-7(13)11-15-9(6-18-11)10(16)14-8-4-5-19-12(8)17/h6-8H,2-5,13H2,1H3,(H,14,16). The number of nitrogens with one attached hydrogen (secondary N) is 1. The van der Waals surface area contributed by atoms with Crippen molar-refractivity contribution in [2.75, 3.05) is 5.75 Å². The van der Waals surface area contributed by atoms with Crippen LogP contribution in [0.2, 0.25) is 0 Å². The summed E-state index contributed by atoms with van der Waals surface area (Å²) in [5.41, 5.74) is 6.03. The third-order valence-corrected chi connectivity index (χ3v) is 3.92. The molecule has 0 spiro atoms. The molecular weight excluding hydrogens is 266 g/mol. The van der Waals surface area contributed by atoms with Gasteiger partial charge in [0, 0.05) is 5.75 Å². The van der Waals surface area contributed by atoms with Gasteiger partial charge < -0.3 is 15.5 Å². The van der Waals surface area contributed by atoms with Gasteiger partial charge in [0.1, 0.15) is 6.26 Å². The maximum Gasteiger partial charge on any atom is 0.273 e. The van der Waals surface area contributed by atoms with Crippen molar-refractivity contribution in [3.05, 3.63) is 17.8 Å². The SMILES string of the molecule is CCCC(N)c1nc(C(=O)NC2CCSC2=O)co1. The summed E-state index contributed by atoms with van der Waals surface area (Å²) in [6, 6.07) is -0.711. The fourth-order valence-corrected chi connectivity index (χ4v) is 2.79. The average molecular weight is 283 g/mol. The highest BCUT2D eigenvalue weighted by Crippen LogP contribution is 2.20. The van der Waals surface area contributed by atoms with Crippen molar-refractivity contribution in [2.45, 2.75) is 38.3 Å². The number of carbonyl (C=O) groups is 2. The molecule has 0 radical (unpaired) electrons. The third kappa shape index (κ3) is 3.36. The van der Waals surface area contributed by atoms with Crippen LogP contribution in [0.15, 0.2) is 10.7 Å². The molecule has 3 N–H and O–H groups in total. The van der Waals surface area contributed by atoms with Crippen LogP contribution in [-0.2, 0) is 4.79 Å². The minimum Gasteiger partial charge on any atom is -0.446 e. The monoisotopic (exact) mass is 283 g/mol. The Hall–Kier alpha value is -1.34. The Bertz CT molecular complexity index is 475. The molecule has 1 fully saturated rings. The van der Waals surface area contributed by atoms with Crippen molar-refractivity contribution in [1.82, 2.24) is 10.3 Å². The predicted octanol–water partition coefficient (Wildman–Crippen LogP) is 1.24. The second-order valence-corrected chi connectivity index (χ2v) is 5.55. The van der Waals surface area contributed by atoms with Crippen LogP contribution in [0.3, 0.4) is 0 Å². The van der Waals surface area contributed by atoms with E-state index in [1.807, 2.05) is 6.92 Å². The molecule has 6 nitrogen and oxygen atoms in total. The highest BCUT2D eigenvalue weighted by atomic mass is 32.2. The lowest BCUT2D eigenvalue weighted by Gasteiger charge is -2.07. The van der Waals surface area contributed by atoms with E-state index in [0.717, 1.165) is 18.6 Å². The lowest BCUT2D eigenvalue weighted by molar-refractivity contribution is -0.112. The summed E-state index contributed by atoms with van der Waals surface area (Å²) in [4.78, 5) is 27.4. The number of nitrogens with two attached hydrogens (primary N) is 1. The topological polar surface area (TPSA) is 98.2 Å². The summed E-state index contributed by atoms with van der Waals surface area (Å²) in [6.07, 6.45) is 3.61. The first-order chi connectivity index (χ1) is 9.11. The number of rotatable bonds is 5. The minimum absolute atomic E-state index is 0.000229. The van der Waals surface area contributed by atoms with E-state index in [1.54, 1.807) is 0 Å². The molecule has 19 heavy (non-hydrogen) atoms. The first kappa shape index (κ1) is 14.1. The second kappa shape index (κ2) is 6.21. The lowest BCUT2D eigenvalue weighted by atomic mass is 10.2. The summed E-state index contributed by atoms with van der Waals surface area (Å²) >= 11 is 1.24. The molecule has 2 rings (SSSR count). The summed E-state index contributed by atoms with van der Waals surface area (Å²) in [5.74, 6) is 0.716. The summed E-state index contributed by atoms with van der Waals surface area (Å²) in [7, 11) is 0. The molecule has 1 saturated heterocycles. The Morgan fingerprint density at radius 1 is 1.74 bits per heavy atom. The third-order valence-electron chi connectivity index (χ3n) is 2.91. The van der Waals surface area contributed by atoms with Gasteiger partial charge in [-0.15, -0.1) is 0 Å². The fourth-order valence-electron chi connectivity index (χ4n) is 1.86. The van der Waals surface area contributed by atoms with Crippen molar-refractivity contribution in [1.29, 1.82) is 0 Å². The van der Waals surface area contributed by atoms with Crippen molar-refractivity contribution in [2.24, 2.45) is 5.73 Å². The van der Waals surface area contributed by atoms with Crippen LogP contribution in [0.4, 0.5) is 0 Å². The zero-order chi connectivity index (χ0) is 13.8. The van der Waals surface area contributed by atoms with Crippen molar-refractivity contribution >= 4 is 22.8 Å². The van der Waals surface area contributed by atoms with E-state index in [1.165, 1.54) is 18.0 Å². The number of amides is 1. The maximum absolute atomic E-state index is 11.9. The molecule has 1 aromatic heterocycles. The van der Waals surface area contributed by atoms with Gasteiger partial charge in [-0.25, -0.2) is 4.98 Å². The van der Waals surface area contributed by atoms with Gasteiger partial charge >= 0.3 is 0 Å². The molecule has 1 amide bonds. The molecule has 104 valence electrons. The first-order valence-corrected chi connectivity index (χ1v) is 7.29. The number of hydrogen-bond acceptors (Lipinski definition) is 6. The molecule has 2 heterocycles. The highest BCUT2D eigenvalue weighted by molar-refractivity contribution is 8.14. The van der Waals surface area contributed by atoms with Gasteiger partial charge in [-0.1, -0.05) is 25.1 Å². The summed E-state index contributed by atoms with van der Waals surface area (Å²) in [5, 5.41) is 2.66. The number of aromatic nitrogens is 1. The molecule has 1 aromatic rings. The van der Waals surface area contributed by atoms with Crippen LogP contribution in [0.25, 0.3) is 0 Å². The molecule has 1 aliphatic rings. The lowest BCUT2D eigenvalue weighted by Crippen LogP contribution is -2.37. The molecular formula is C12H17N3O3S. The van der Waals surface area contributed by atoms with Crippen molar-refractivity contribution in [3.63, 3.8) is 0 Å². The zero-order valence-electron chi connectivity index (χ0n) is 10.7. The van der Waals surface area contributed by atoms with Gasteiger partial charge in [0.2, 0.25) is 11.0 Å². The van der Waals surface area contributed by atoms with Crippen molar-refractivity contribution < 1.29 is 14.0 Å². The Balaban J connectivity index is 1.97. The molecule has 1 aliphatic heterocycles. The Labute approximate surface area is 115 Å². The largest absolute Gasteiger partial charge is 0.446 e. The van der Waals surface area contributed by atoms with Gasteiger partial charge in [-0.05, 0) is 12.8 Å². The smallest absolute Gasteiger partial charge is 0.273 e. The molecule has 2 unspecified atom stereocenters. The van der Waals surface area contributed by atoms with E-state index >= 15 is 0 Å². The predicted molar refractivity (Wildman–Crippen MR) is 71.7 cm³/mol. The van der Waals surface area contributed by atoms with Gasteiger partial charge in [0.05, 0.1) is 12.1 Å². The van der Waals surface area contributed by atoms with Gasteiger partial charge in [0.25, 0.3) is 5.91 Å². The van der Waals surface area contributed by atoms with Crippen LogP contribution >= 0.6 is 11.8 Å². The molecule has 7 heteroatoms. The van der Waals surface area contributed by atoms with Crippen LogP contribution in [0, 0.1) is 0 Å². The number of oxazole rings is 1. The van der Waals surface area contributed by atoms with E-state index in [-0.39, 0.29) is 22.8 Å². The van der Waals surface area contributed by atoms with E-state index in [0.29, 0.717) is 12.3 Å². The van der Waals surface area contributed by atoms with Gasteiger partial charge in [0.15, 0.2) is 5.69 Å². The minimum atomic E-state index is -0.415.